The van der Waals surface area contributed by atoms with Gasteiger partial charge in [0.25, 0.3) is 0 Å². The zero-order valence-electron chi connectivity index (χ0n) is 4.95. The van der Waals surface area contributed by atoms with Crippen molar-refractivity contribution in [1.82, 2.24) is 4.90 Å². The van der Waals surface area contributed by atoms with Crippen LogP contribution in [0.2, 0.25) is 0 Å². The summed E-state index contributed by atoms with van der Waals surface area (Å²) in [7, 11) is 0. The lowest BCUT2D eigenvalue weighted by Gasteiger charge is -2.14. The zero-order valence-corrected chi connectivity index (χ0v) is 5.77. The Hall–Kier alpha value is -0.220. The van der Waals surface area contributed by atoms with Crippen molar-refractivity contribution >= 4 is 16.9 Å². The van der Waals surface area contributed by atoms with Crippen LogP contribution in [0, 0.1) is 0 Å². The standard InChI is InChI=1S/C5H8N2OS/c8-4-3-9-5-6-1-2-7(4)5/h4,8H,1-3H2. The van der Waals surface area contributed by atoms with Crippen LogP contribution in [-0.2, 0) is 0 Å². The second-order valence-electron chi connectivity index (χ2n) is 2.15. The molecule has 0 radical (unpaired) electrons. The largest absolute Gasteiger partial charge is 0.373 e. The van der Waals surface area contributed by atoms with Crippen molar-refractivity contribution in [2.45, 2.75) is 6.23 Å². The van der Waals surface area contributed by atoms with Crippen LogP contribution in [-0.4, -0.2) is 40.2 Å². The molecule has 0 saturated carbocycles. The first-order valence-corrected chi connectivity index (χ1v) is 3.98. The van der Waals surface area contributed by atoms with E-state index in [0.29, 0.717) is 0 Å². The van der Waals surface area contributed by atoms with Crippen LogP contribution in [0.25, 0.3) is 0 Å². The number of nitrogens with zero attached hydrogens (tertiary/aromatic N) is 2. The number of fused-ring (bicyclic) bond motifs is 1. The molecule has 1 saturated heterocycles. The monoisotopic (exact) mass is 144 g/mol. The first-order chi connectivity index (χ1) is 4.38. The van der Waals surface area contributed by atoms with Gasteiger partial charge in [0.2, 0.25) is 0 Å². The molecule has 0 aliphatic carbocycles. The maximum atomic E-state index is 9.22. The molecule has 2 aliphatic rings. The summed E-state index contributed by atoms with van der Waals surface area (Å²) in [5.74, 6) is 0.791. The lowest BCUT2D eigenvalue weighted by molar-refractivity contribution is 0.0897. The molecule has 2 heterocycles. The summed E-state index contributed by atoms with van der Waals surface area (Å²) in [5, 5.41) is 10.3. The van der Waals surface area contributed by atoms with E-state index < -0.39 is 0 Å². The highest BCUT2D eigenvalue weighted by Crippen LogP contribution is 2.24. The SMILES string of the molecule is OC1CSC2=NCCN21. The van der Waals surface area contributed by atoms with Gasteiger partial charge in [0.15, 0.2) is 5.17 Å². The molecule has 1 fully saturated rings. The number of rotatable bonds is 0. The maximum Gasteiger partial charge on any atom is 0.161 e. The van der Waals surface area contributed by atoms with E-state index in [2.05, 4.69) is 4.99 Å². The Morgan fingerprint density at radius 2 is 2.67 bits per heavy atom. The lowest BCUT2D eigenvalue weighted by Crippen LogP contribution is -2.31. The van der Waals surface area contributed by atoms with Gasteiger partial charge < -0.3 is 10.0 Å². The highest BCUT2D eigenvalue weighted by Gasteiger charge is 2.30. The van der Waals surface area contributed by atoms with Gasteiger partial charge in [-0.15, -0.1) is 0 Å². The molecule has 50 valence electrons. The van der Waals surface area contributed by atoms with Gasteiger partial charge in [-0.05, 0) is 0 Å². The number of hydrogen-bond acceptors (Lipinski definition) is 4. The van der Waals surface area contributed by atoms with Crippen molar-refractivity contribution in [3.63, 3.8) is 0 Å². The normalized spacial score (nSPS) is 32.8. The number of aliphatic imine (C=N–C) groups is 1. The van der Waals surface area contributed by atoms with Gasteiger partial charge in [-0.25, -0.2) is 0 Å². The molecule has 1 unspecified atom stereocenters. The lowest BCUT2D eigenvalue weighted by atomic mass is 10.5. The smallest absolute Gasteiger partial charge is 0.161 e. The highest BCUT2D eigenvalue weighted by molar-refractivity contribution is 8.14. The fourth-order valence-corrected chi connectivity index (χ4v) is 2.12. The molecular weight excluding hydrogens is 136 g/mol. The van der Waals surface area contributed by atoms with Gasteiger partial charge in [0.1, 0.15) is 6.23 Å². The molecule has 0 bridgehead atoms. The molecule has 0 amide bonds. The van der Waals surface area contributed by atoms with Gasteiger partial charge in [0.05, 0.1) is 6.54 Å². The molecule has 0 aromatic carbocycles. The molecule has 3 nitrogen and oxygen atoms in total. The number of aliphatic hydroxyl groups is 1. The van der Waals surface area contributed by atoms with Crippen LogP contribution in [0.1, 0.15) is 0 Å². The summed E-state index contributed by atoms with van der Waals surface area (Å²) >= 11 is 1.65. The first kappa shape index (κ1) is 5.56. The maximum absolute atomic E-state index is 9.22. The Labute approximate surface area is 57.8 Å². The van der Waals surface area contributed by atoms with Crippen molar-refractivity contribution in [3.05, 3.63) is 0 Å². The Morgan fingerprint density at radius 3 is 3.44 bits per heavy atom. The Kier molecular flexibility index (Phi) is 1.16. The summed E-state index contributed by atoms with van der Waals surface area (Å²) in [5.41, 5.74) is 0. The highest BCUT2D eigenvalue weighted by atomic mass is 32.2. The first-order valence-electron chi connectivity index (χ1n) is 3.00. The van der Waals surface area contributed by atoms with Crippen LogP contribution in [0.4, 0.5) is 0 Å². The van der Waals surface area contributed by atoms with E-state index in [1.807, 2.05) is 4.90 Å². The minimum atomic E-state index is -0.267. The minimum absolute atomic E-state index is 0.267. The molecule has 0 aromatic heterocycles. The van der Waals surface area contributed by atoms with E-state index in [1.54, 1.807) is 11.8 Å². The van der Waals surface area contributed by atoms with Gasteiger partial charge in [0, 0.05) is 12.3 Å². The number of thioether (sulfide) groups is 1. The van der Waals surface area contributed by atoms with Crippen LogP contribution >= 0.6 is 11.8 Å². The predicted molar refractivity (Wildman–Crippen MR) is 37.5 cm³/mol. The molecule has 1 atom stereocenters. The third-order valence-corrected chi connectivity index (χ3v) is 2.64. The summed E-state index contributed by atoms with van der Waals surface area (Å²) in [6.07, 6.45) is -0.267. The third kappa shape index (κ3) is 0.737. The minimum Gasteiger partial charge on any atom is -0.373 e. The average Bonchev–Trinajstić information content (AvgIpc) is 2.35. The Balaban J connectivity index is 2.20. The molecule has 0 spiro atoms. The zero-order chi connectivity index (χ0) is 6.27. The van der Waals surface area contributed by atoms with E-state index in [-0.39, 0.29) is 6.23 Å². The topological polar surface area (TPSA) is 35.8 Å². The van der Waals surface area contributed by atoms with E-state index in [4.69, 9.17) is 0 Å². The molecular formula is C5H8N2OS. The average molecular weight is 144 g/mol. The van der Waals surface area contributed by atoms with Crippen LogP contribution in [0.3, 0.4) is 0 Å². The Bertz CT molecular complexity index is 159. The van der Waals surface area contributed by atoms with Gasteiger partial charge >= 0.3 is 0 Å². The Morgan fingerprint density at radius 1 is 1.78 bits per heavy atom. The van der Waals surface area contributed by atoms with Gasteiger partial charge in [-0.1, -0.05) is 11.8 Å². The van der Waals surface area contributed by atoms with Crippen molar-refractivity contribution in [3.8, 4) is 0 Å². The van der Waals surface area contributed by atoms with Crippen molar-refractivity contribution in [2.75, 3.05) is 18.8 Å². The predicted octanol–water partition coefficient (Wildman–Crippen LogP) is -0.277. The molecule has 9 heavy (non-hydrogen) atoms. The fraction of sp³-hybridized carbons (Fsp3) is 0.800. The van der Waals surface area contributed by atoms with E-state index in [9.17, 15) is 5.11 Å². The second-order valence-corrected chi connectivity index (χ2v) is 3.14. The van der Waals surface area contributed by atoms with E-state index in [1.165, 1.54) is 0 Å². The summed E-state index contributed by atoms with van der Waals surface area (Å²) in [6, 6.07) is 0. The molecule has 0 aromatic rings. The van der Waals surface area contributed by atoms with Crippen molar-refractivity contribution < 1.29 is 5.11 Å². The van der Waals surface area contributed by atoms with Gasteiger partial charge in [-0.3, -0.25) is 4.99 Å². The third-order valence-electron chi connectivity index (χ3n) is 1.55. The summed E-state index contributed by atoms with van der Waals surface area (Å²) in [6.45, 7) is 1.77. The number of hydrogen-bond donors (Lipinski definition) is 1. The quantitative estimate of drug-likeness (QED) is 0.508. The van der Waals surface area contributed by atoms with E-state index >= 15 is 0 Å². The second kappa shape index (κ2) is 1.88. The van der Waals surface area contributed by atoms with Crippen LogP contribution in [0.15, 0.2) is 4.99 Å². The number of aliphatic hydroxyl groups excluding tert-OH is 1. The fourth-order valence-electron chi connectivity index (χ4n) is 1.08. The van der Waals surface area contributed by atoms with E-state index in [0.717, 1.165) is 24.0 Å². The summed E-state index contributed by atoms with van der Waals surface area (Å²) < 4.78 is 0. The molecule has 2 rings (SSSR count). The van der Waals surface area contributed by atoms with Crippen molar-refractivity contribution in [1.29, 1.82) is 0 Å². The summed E-state index contributed by atoms with van der Waals surface area (Å²) in [4.78, 5) is 6.14. The number of amidine groups is 1. The molecule has 4 heteroatoms. The van der Waals surface area contributed by atoms with Gasteiger partial charge in [-0.2, -0.15) is 0 Å². The van der Waals surface area contributed by atoms with Crippen molar-refractivity contribution in [2.24, 2.45) is 4.99 Å². The van der Waals surface area contributed by atoms with Crippen LogP contribution < -0.4 is 0 Å². The molecule has 2 aliphatic heterocycles. The molecule has 1 N–H and O–H groups in total. The van der Waals surface area contributed by atoms with Crippen LogP contribution in [0.5, 0.6) is 0 Å².